The van der Waals surface area contributed by atoms with Crippen LogP contribution < -0.4 is 19.7 Å². The van der Waals surface area contributed by atoms with Gasteiger partial charge in [-0.15, -0.1) is 0 Å². The quantitative estimate of drug-likeness (QED) is 0.187. The second-order valence-corrected chi connectivity index (χ2v) is 13.9. The van der Waals surface area contributed by atoms with Crippen LogP contribution in [0.15, 0.2) is 91.0 Å². The van der Waals surface area contributed by atoms with E-state index in [9.17, 15) is 19.5 Å². The molecule has 3 aliphatic heterocycles. The number of carbonyl (C=O) groups excluding carboxylic acids is 3. The van der Waals surface area contributed by atoms with Crippen molar-refractivity contribution in [1.82, 2.24) is 10.2 Å². The summed E-state index contributed by atoms with van der Waals surface area (Å²) in [5, 5.41) is 12.2. The van der Waals surface area contributed by atoms with E-state index in [1.165, 1.54) is 11.1 Å². The van der Waals surface area contributed by atoms with E-state index in [1.54, 1.807) is 32.4 Å². The first-order valence-corrected chi connectivity index (χ1v) is 18.1. The van der Waals surface area contributed by atoms with Gasteiger partial charge in [-0.1, -0.05) is 73.7 Å². The molecule has 3 aliphatic rings. The SMILES string of the molecule is COc1cc2c(cc1OC)CN(C[C@@H]1O[C@H](c3cccc(N4C(=O)CC(NC(=O)OCc5ccccc5)C4=O)c3)O[C@H](c3ccc(CO)cc3)[C@@H]1C)CC2. The highest BCUT2D eigenvalue weighted by Crippen LogP contribution is 2.43. The molecule has 7 rings (SSSR count). The number of carbonyl (C=O) groups is 3. The van der Waals surface area contributed by atoms with Gasteiger partial charge >= 0.3 is 6.09 Å². The second-order valence-electron chi connectivity index (χ2n) is 13.9. The van der Waals surface area contributed by atoms with Crippen LogP contribution in [0.5, 0.6) is 11.5 Å². The zero-order valence-corrected chi connectivity index (χ0v) is 30.6. The molecule has 2 fully saturated rings. The van der Waals surface area contributed by atoms with Gasteiger partial charge in [0.05, 0.1) is 45.1 Å². The summed E-state index contributed by atoms with van der Waals surface area (Å²) in [6.07, 6.45) is -1.53. The van der Waals surface area contributed by atoms with Crippen molar-refractivity contribution in [3.8, 4) is 11.5 Å². The zero-order valence-electron chi connectivity index (χ0n) is 30.6. The molecule has 5 atom stereocenters. The fourth-order valence-electron chi connectivity index (χ4n) is 7.41. The standard InChI is InChI=1S/C42H45N3O9/c1-26-37(23-44-17-16-30-19-35(50-2)36(51-3)20-32(30)22-44)53-41(54-39(26)29-14-12-27(24-46)13-15-29)31-10-7-11-33(18-31)45-38(47)21-34(40(45)48)43-42(49)52-25-28-8-5-4-6-9-28/h4-15,18-20,26,34,37,39,41,46H,16-17,21-25H2,1-3H3,(H,43,49)/t26-,34?,37+,39+,41+/m1/s1. The molecule has 1 unspecified atom stereocenters. The monoisotopic (exact) mass is 735 g/mol. The van der Waals surface area contributed by atoms with Crippen molar-refractivity contribution < 1.29 is 43.2 Å². The number of hydrogen-bond donors (Lipinski definition) is 2. The summed E-state index contributed by atoms with van der Waals surface area (Å²) in [6.45, 7) is 4.28. The van der Waals surface area contributed by atoms with Crippen molar-refractivity contribution in [2.24, 2.45) is 5.92 Å². The van der Waals surface area contributed by atoms with Gasteiger partial charge in [0.15, 0.2) is 17.8 Å². The Bertz CT molecular complexity index is 1970. The minimum absolute atomic E-state index is 0.0376. The molecule has 3 amide bonds. The molecular weight excluding hydrogens is 690 g/mol. The average molecular weight is 736 g/mol. The number of amides is 3. The normalized spacial score (nSPS) is 22.8. The third kappa shape index (κ3) is 7.97. The van der Waals surface area contributed by atoms with Crippen LogP contribution in [0.1, 0.15) is 59.1 Å². The number of methoxy groups -OCH3 is 2. The molecule has 0 aromatic heterocycles. The molecule has 3 heterocycles. The zero-order chi connectivity index (χ0) is 37.8. The average Bonchev–Trinajstić information content (AvgIpc) is 3.48. The van der Waals surface area contributed by atoms with Crippen LogP contribution in [0.25, 0.3) is 0 Å². The predicted molar refractivity (Wildman–Crippen MR) is 199 cm³/mol. The van der Waals surface area contributed by atoms with E-state index >= 15 is 0 Å². The number of alkyl carbamates (subject to hydrolysis) is 1. The molecule has 0 bridgehead atoms. The van der Waals surface area contributed by atoms with Gasteiger partial charge in [-0.2, -0.15) is 0 Å². The van der Waals surface area contributed by atoms with E-state index in [4.69, 9.17) is 23.7 Å². The summed E-state index contributed by atoms with van der Waals surface area (Å²) in [7, 11) is 3.28. The summed E-state index contributed by atoms with van der Waals surface area (Å²) >= 11 is 0. The maximum absolute atomic E-state index is 13.5. The smallest absolute Gasteiger partial charge is 0.408 e. The van der Waals surface area contributed by atoms with Crippen LogP contribution in [0.3, 0.4) is 0 Å². The van der Waals surface area contributed by atoms with Gasteiger partial charge in [-0.05, 0) is 58.5 Å². The molecule has 0 saturated carbocycles. The van der Waals surface area contributed by atoms with Crippen LogP contribution in [0, 0.1) is 5.92 Å². The van der Waals surface area contributed by atoms with Crippen molar-refractivity contribution in [2.75, 3.05) is 32.2 Å². The van der Waals surface area contributed by atoms with Crippen LogP contribution in [-0.2, 0) is 50.0 Å². The first kappa shape index (κ1) is 37.1. The number of imide groups is 1. The van der Waals surface area contributed by atoms with Gasteiger partial charge in [0.25, 0.3) is 5.91 Å². The molecule has 282 valence electrons. The number of fused-ring (bicyclic) bond motifs is 1. The van der Waals surface area contributed by atoms with Crippen LogP contribution in [0.4, 0.5) is 10.5 Å². The van der Waals surface area contributed by atoms with E-state index in [2.05, 4.69) is 23.2 Å². The Morgan fingerprint density at radius 1 is 0.870 bits per heavy atom. The van der Waals surface area contributed by atoms with Crippen molar-refractivity contribution in [1.29, 1.82) is 0 Å². The van der Waals surface area contributed by atoms with E-state index in [0.717, 1.165) is 40.3 Å². The van der Waals surface area contributed by atoms with E-state index in [1.807, 2.05) is 66.7 Å². The van der Waals surface area contributed by atoms with E-state index in [-0.39, 0.29) is 37.8 Å². The summed E-state index contributed by atoms with van der Waals surface area (Å²) in [6, 6.07) is 27.0. The van der Waals surface area contributed by atoms with Crippen LogP contribution in [0.2, 0.25) is 0 Å². The lowest BCUT2D eigenvalue weighted by atomic mass is 9.89. The van der Waals surface area contributed by atoms with Crippen molar-refractivity contribution >= 4 is 23.6 Å². The Hall–Kier alpha value is -5.27. The Labute approximate surface area is 314 Å². The minimum atomic E-state index is -1.06. The van der Waals surface area contributed by atoms with Gasteiger partial charge in [-0.25, -0.2) is 9.69 Å². The van der Waals surface area contributed by atoms with E-state index in [0.29, 0.717) is 30.1 Å². The van der Waals surface area contributed by atoms with Crippen molar-refractivity contribution in [3.63, 3.8) is 0 Å². The Kier molecular flexibility index (Phi) is 11.3. The Morgan fingerprint density at radius 2 is 1.61 bits per heavy atom. The van der Waals surface area contributed by atoms with E-state index < -0.39 is 30.2 Å². The number of hydrogen-bond acceptors (Lipinski definition) is 10. The lowest BCUT2D eigenvalue weighted by molar-refractivity contribution is -0.276. The van der Waals surface area contributed by atoms with Gasteiger partial charge in [0.1, 0.15) is 12.6 Å². The highest BCUT2D eigenvalue weighted by atomic mass is 16.7. The molecule has 4 aromatic rings. The lowest BCUT2D eigenvalue weighted by Crippen LogP contribution is -2.45. The van der Waals surface area contributed by atoms with Gasteiger partial charge < -0.3 is 34.1 Å². The number of nitrogens with zero attached hydrogens (tertiary/aromatic N) is 2. The summed E-state index contributed by atoms with van der Waals surface area (Å²) in [4.78, 5) is 42.8. The molecule has 0 spiro atoms. The fraction of sp³-hybridized carbons (Fsp3) is 0.357. The minimum Gasteiger partial charge on any atom is -0.493 e. The van der Waals surface area contributed by atoms with Crippen LogP contribution in [-0.4, -0.2) is 67.4 Å². The van der Waals surface area contributed by atoms with Gasteiger partial charge in [0, 0.05) is 31.1 Å². The molecule has 2 saturated heterocycles. The molecular formula is C42H45N3O9. The van der Waals surface area contributed by atoms with Gasteiger partial charge in [0.2, 0.25) is 5.91 Å². The first-order chi connectivity index (χ1) is 26.2. The molecule has 2 N–H and O–H groups in total. The topological polar surface area (TPSA) is 136 Å². The van der Waals surface area contributed by atoms with Gasteiger partial charge in [-0.3, -0.25) is 14.5 Å². The third-order valence-electron chi connectivity index (χ3n) is 10.4. The Morgan fingerprint density at radius 3 is 2.33 bits per heavy atom. The number of aliphatic hydroxyl groups is 1. The Balaban J connectivity index is 1.09. The number of rotatable bonds is 11. The maximum Gasteiger partial charge on any atom is 0.408 e. The third-order valence-corrected chi connectivity index (χ3v) is 10.4. The number of benzene rings is 4. The van der Waals surface area contributed by atoms with Crippen molar-refractivity contribution in [3.05, 3.63) is 124 Å². The van der Waals surface area contributed by atoms with Crippen molar-refractivity contribution in [2.45, 2.75) is 64.1 Å². The molecule has 0 aliphatic carbocycles. The number of anilines is 1. The van der Waals surface area contributed by atoms with Crippen LogP contribution >= 0.6 is 0 Å². The number of nitrogens with one attached hydrogen (secondary N) is 1. The molecule has 12 heteroatoms. The molecule has 54 heavy (non-hydrogen) atoms. The highest BCUT2D eigenvalue weighted by Gasteiger charge is 2.42. The predicted octanol–water partition coefficient (Wildman–Crippen LogP) is 5.60. The summed E-state index contributed by atoms with van der Waals surface area (Å²) in [5.74, 6) is 0.375. The number of aliphatic hydroxyl groups excluding tert-OH is 1. The fourth-order valence-corrected chi connectivity index (χ4v) is 7.41. The summed E-state index contributed by atoms with van der Waals surface area (Å²) in [5.41, 5.74) is 5.96. The molecule has 4 aromatic carbocycles. The highest BCUT2D eigenvalue weighted by molar-refractivity contribution is 6.22. The largest absolute Gasteiger partial charge is 0.493 e. The number of ether oxygens (including phenoxy) is 5. The first-order valence-electron chi connectivity index (χ1n) is 18.1. The molecule has 0 radical (unpaired) electrons. The molecule has 12 nitrogen and oxygen atoms in total. The second kappa shape index (κ2) is 16.4. The maximum atomic E-state index is 13.5. The summed E-state index contributed by atoms with van der Waals surface area (Å²) < 4.78 is 29.9. The lowest BCUT2D eigenvalue weighted by Gasteiger charge is -2.43.